The van der Waals surface area contributed by atoms with E-state index in [9.17, 15) is 9.90 Å². The van der Waals surface area contributed by atoms with Gasteiger partial charge in [-0.25, -0.2) is 4.79 Å². The Balaban J connectivity index is 1.75. The summed E-state index contributed by atoms with van der Waals surface area (Å²) in [7, 11) is 0. The Kier molecular flexibility index (Phi) is 4.59. The molecule has 0 heterocycles. The van der Waals surface area contributed by atoms with E-state index in [4.69, 9.17) is 4.74 Å². The highest BCUT2D eigenvalue weighted by Gasteiger charge is 2.26. The molecule has 1 aromatic rings. The highest BCUT2D eigenvalue weighted by atomic mass is 16.6. The van der Waals surface area contributed by atoms with Crippen LogP contribution in [0.2, 0.25) is 0 Å². The Morgan fingerprint density at radius 3 is 2.72 bits per heavy atom. The summed E-state index contributed by atoms with van der Waals surface area (Å²) >= 11 is 0. The maximum atomic E-state index is 11.6. The second-order valence-electron chi connectivity index (χ2n) is 4.63. The summed E-state index contributed by atoms with van der Waals surface area (Å²) in [6.07, 6.45) is 2.16. The Bertz CT molecular complexity index is 380. The second-order valence-corrected chi connectivity index (χ2v) is 4.63. The van der Waals surface area contributed by atoms with Crippen molar-refractivity contribution < 1.29 is 14.6 Å². The average Bonchev–Trinajstić information content (AvgIpc) is 2.40. The van der Waals surface area contributed by atoms with Gasteiger partial charge in [0.2, 0.25) is 0 Å². The van der Waals surface area contributed by atoms with Crippen LogP contribution >= 0.6 is 0 Å². The molecule has 1 aliphatic rings. The number of carbonyl (C=O) groups excluding carboxylic acids is 1. The predicted molar refractivity (Wildman–Crippen MR) is 68.0 cm³/mol. The van der Waals surface area contributed by atoms with Crippen LogP contribution in [-0.2, 0) is 11.3 Å². The first kappa shape index (κ1) is 12.9. The molecule has 0 aromatic heterocycles. The Morgan fingerprint density at radius 1 is 1.28 bits per heavy atom. The zero-order chi connectivity index (χ0) is 12.8. The summed E-state index contributed by atoms with van der Waals surface area (Å²) in [5.74, 6) is 0. The summed E-state index contributed by atoms with van der Waals surface area (Å²) < 4.78 is 5.23. The molecule has 2 rings (SSSR count). The van der Waals surface area contributed by atoms with E-state index in [0.717, 1.165) is 31.2 Å². The summed E-state index contributed by atoms with van der Waals surface area (Å²) in [5, 5.41) is 12.4. The molecular formula is C14H19NO3. The van der Waals surface area contributed by atoms with E-state index >= 15 is 0 Å². The molecule has 98 valence electrons. The minimum absolute atomic E-state index is 0.352. The van der Waals surface area contributed by atoms with E-state index in [1.807, 2.05) is 30.3 Å². The number of amides is 1. The van der Waals surface area contributed by atoms with Gasteiger partial charge in [0.1, 0.15) is 6.10 Å². The highest BCUT2D eigenvalue weighted by Crippen LogP contribution is 2.21. The largest absolute Gasteiger partial charge is 0.443 e. The van der Waals surface area contributed by atoms with Crippen LogP contribution in [0.3, 0.4) is 0 Å². The molecule has 2 N–H and O–H groups in total. The van der Waals surface area contributed by atoms with Gasteiger partial charge < -0.3 is 15.2 Å². The maximum Gasteiger partial charge on any atom is 0.407 e. The minimum atomic E-state index is -0.513. The number of rotatable bonds is 3. The van der Waals surface area contributed by atoms with E-state index in [0.29, 0.717) is 6.54 Å². The first-order chi connectivity index (χ1) is 8.75. The lowest BCUT2D eigenvalue weighted by Crippen LogP contribution is -2.37. The van der Waals surface area contributed by atoms with Crippen molar-refractivity contribution in [3.63, 3.8) is 0 Å². The summed E-state index contributed by atoms with van der Waals surface area (Å²) in [6.45, 7) is 0.447. The lowest BCUT2D eigenvalue weighted by molar-refractivity contribution is -0.0212. The van der Waals surface area contributed by atoms with Crippen molar-refractivity contribution in [2.24, 2.45) is 0 Å². The fourth-order valence-electron chi connectivity index (χ4n) is 2.16. The Hall–Kier alpha value is -1.55. The minimum Gasteiger partial charge on any atom is -0.443 e. The zero-order valence-electron chi connectivity index (χ0n) is 10.3. The van der Waals surface area contributed by atoms with Crippen molar-refractivity contribution in [2.45, 2.75) is 44.4 Å². The number of nitrogens with one attached hydrogen (secondary N) is 1. The molecule has 1 saturated carbocycles. The number of aliphatic hydroxyl groups excluding tert-OH is 1. The molecule has 1 amide bonds. The molecule has 0 aliphatic heterocycles. The molecule has 18 heavy (non-hydrogen) atoms. The van der Waals surface area contributed by atoms with E-state index in [2.05, 4.69) is 5.32 Å². The third kappa shape index (κ3) is 3.74. The van der Waals surface area contributed by atoms with Crippen molar-refractivity contribution >= 4 is 6.09 Å². The second kappa shape index (κ2) is 6.40. The highest BCUT2D eigenvalue weighted by molar-refractivity contribution is 5.67. The summed E-state index contributed by atoms with van der Waals surface area (Å²) in [5.41, 5.74) is 1.03. The quantitative estimate of drug-likeness (QED) is 0.863. The van der Waals surface area contributed by atoms with Gasteiger partial charge in [0.15, 0.2) is 0 Å². The summed E-state index contributed by atoms with van der Waals surface area (Å²) in [4.78, 5) is 11.6. The van der Waals surface area contributed by atoms with Gasteiger partial charge in [-0.15, -0.1) is 0 Å². The van der Waals surface area contributed by atoms with E-state index in [-0.39, 0.29) is 6.10 Å². The first-order valence-electron chi connectivity index (χ1n) is 6.42. The molecule has 0 spiro atoms. The number of alkyl carbamates (subject to hydrolysis) is 1. The van der Waals surface area contributed by atoms with Crippen molar-refractivity contribution in [1.29, 1.82) is 0 Å². The average molecular weight is 249 g/mol. The smallest absolute Gasteiger partial charge is 0.407 e. The fraction of sp³-hybridized carbons (Fsp3) is 0.500. The molecule has 1 aliphatic carbocycles. The molecular weight excluding hydrogens is 230 g/mol. The number of hydrogen-bond donors (Lipinski definition) is 2. The van der Waals surface area contributed by atoms with Gasteiger partial charge in [-0.1, -0.05) is 36.8 Å². The van der Waals surface area contributed by atoms with Crippen LogP contribution in [0.25, 0.3) is 0 Å². The van der Waals surface area contributed by atoms with E-state index in [1.54, 1.807) is 0 Å². The lowest BCUT2D eigenvalue weighted by Gasteiger charge is -2.27. The molecule has 0 radical (unpaired) electrons. The van der Waals surface area contributed by atoms with Crippen LogP contribution in [0.5, 0.6) is 0 Å². The standard InChI is InChI=1S/C14H19NO3/c16-12-8-4-5-9-13(12)18-14(17)15-10-11-6-2-1-3-7-11/h1-3,6-7,12-13,16H,4-5,8-10H2,(H,15,17). The third-order valence-corrected chi connectivity index (χ3v) is 3.21. The van der Waals surface area contributed by atoms with Crippen LogP contribution in [-0.4, -0.2) is 23.4 Å². The van der Waals surface area contributed by atoms with Gasteiger partial charge in [0, 0.05) is 6.54 Å². The van der Waals surface area contributed by atoms with Crippen LogP contribution in [0.4, 0.5) is 4.79 Å². The molecule has 1 aromatic carbocycles. The van der Waals surface area contributed by atoms with Crippen molar-refractivity contribution in [1.82, 2.24) is 5.32 Å². The molecule has 4 heteroatoms. The van der Waals surface area contributed by atoms with Crippen LogP contribution < -0.4 is 5.32 Å². The first-order valence-corrected chi connectivity index (χ1v) is 6.42. The molecule has 1 fully saturated rings. The van der Waals surface area contributed by atoms with Gasteiger partial charge >= 0.3 is 6.09 Å². The normalized spacial score (nSPS) is 23.4. The van der Waals surface area contributed by atoms with E-state index in [1.165, 1.54) is 0 Å². The lowest BCUT2D eigenvalue weighted by atomic mass is 9.95. The van der Waals surface area contributed by atoms with Crippen molar-refractivity contribution in [3.8, 4) is 0 Å². The monoisotopic (exact) mass is 249 g/mol. The molecule has 0 saturated heterocycles. The van der Waals surface area contributed by atoms with Gasteiger partial charge in [0.05, 0.1) is 6.10 Å². The van der Waals surface area contributed by atoms with Crippen LogP contribution in [0.15, 0.2) is 30.3 Å². The number of aliphatic hydroxyl groups is 1. The summed E-state index contributed by atoms with van der Waals surface area (Å²) in [6, 6.07) is 9.66. The third-order valence-electron chi connectivity index (χ3n) is 3.21. The van der Waals surface area contributed by atoms with Gasteiger partial charge in [-0.3, -0.25) is 0 Å². The molecule has 2 unspecified atom stereocenters. The zero-order valence-corrected chi connectivity index (χ0v) is 10.3. The topological polar surface area (TPSA) is 58.6 Å². The number of carbonyl (C=O) groups is 1. The van der Waals surface area contributed by atoms with Crippen LogP contribution in [0, 0.1) is 0 Å². The van der Waals surface area contributed by atoms with Gasteiger partial charge in [0.25, 0.3) is 0 Å². The van der Waals surface area contributed by atoms with E-state index < -0.39 is 12.2 Å². The molecule has 0 bridgehead atoms. The Morgan fingerprint density at radius 2 is 2.00 bits per heavy atom. The maximum absolute atomic E-state index is 11.6. The molecule has 4 nitrogen and oxygen atoms in total. The number of hydrogen-bond acceptors (Lipinski definition) is 3. The molecule has 2 atom stereocenters. The predicted octanol–water partition coefficient (Wildman–Crippen LogP) is 2.22. The van der Waals surface area contributed by atoms with Crippen molar-refractivity contribution in [2.75, 3.05) is 0 Å². The fourth-order valence-corrected chi connectivity index (χ4v) is 2.16. The van der Waals surface area contributed by atoms with Gasteiger partial charge in [-0.05, 0) is 24.8 Å². The SMILES string of the molecule is O=C(NCc1ccccc1)OC1CCCCC1O. The van der Waals surface area contributed by atoms with Crippen molar-refractivity contribution in [3.05, 3.63) is 35.9 Å². The Labute approximate surface area is 107 Å². The number of benzene rings is 1. The van der Waals surface area contributed by atoms with Crippen LogP contribution in [0.1, 0.15) is 31.2 Å². The number of ether oxygens (including phenoxy) is 1. The van der Waals surface area contributed by atoms with Gasteiger partial charge in [-0.2, -0.15) is 0 Å².